The minimum atomic E-state index is 0.228. The lowest BCUT2D eigenvalue weighted by Crippen LogP contribution is -2.29. The van der Waals surface area contributed by atoms with Crippen molar-refractivity contribution in [1.29, 1.82) is 0 Å². The average Bonchev–Trinajstić information content (AvgIpc) is 2.50. The molecule has 1 aliphatic heterocycles. The van der Waals surface area contributed by atoms with E-state index in [1.807, 2.05) is 13.8 Å². The molecule has 0 saturated carbocycles. The summed E-state index contributed by atoms with van der Waals surface area (Å²) in [4.78, 5) is 2.31. The third-order valence-corrected chi connectivity index (χ3v) is 2.50. The second-order valence-electron chi connectivity index (χ2n) is 3.54. The van der Waals surface area contributed by atoms with Gasteiger partial charge < -0.3 is 15.2 Å². The summed E-state index contributed by atoms with van der Waals surface area (Å²) in [7, 11) is 0. The smallest absolute Gasteiger partial charge is 0.0975 e. The lowest BCUT2D eigenvalue weighted by molar-refractivity contribution is -0.0388. The number of rotatable bonds is 6. The molecule has 2 N–H and O–H groups in total. The standard InChI is InChI=1S/C10H22N2O2/c1-3-13-9-7-12(6-5-11)8-10(9)14-4-2/h9-10H,3-8,11H2,1-2H3/t9-,10+. The largest absolute Gasteiger partial charge is 0.374 e. The molecule has 0 aromatic carbocycles. The maximum atomic E-state index is 5.64. The second-order valence-corrected chi connectivity index (χ2v) is 3.54. The summed E-state index contributed by atoms with van der Waals surface area (Å²) in [5.74, 6) is 0. The van der Waals surface area contributed by atoms with E-state index < -0.39 is 0 Å². The van der Waals surface area contributed by atoms with Gasteiger partial charge in [-0.1, -0.05) is 0 Å². The van der Waals surface area contributed by atoms with Crippen LogP contribution >= 0.6 is 0 Å². The Morgan fingerprint density at radius 2 is 1.64 bits per heavy atom. The maximum absolute atomic E-state index is 5.64. The molecule has 0 bridgehead atoms. The van der Waals surface area contributed by atoms with Crippen LogP contribution in [0.2, 0.25) is 0 Å². The lowest BCUT2D eigenvalue weighted by atomic mass is 10.2. The molecule has 84 valence electrons. The molecular weight excluding hydrogens is 180 g/mol. The van der Waals surface area contributed by atoms with Crippen LogP contribution < -0.4 is 5.73 Å². The first kappa shape index (κ1) is 11.9. The Balaban J connectivity index is 2.38. The number of nitrogens with zero attached hydrogens (tertiary/aromatic N) is 1. The molecule has 14 heavy (non-hydrogen) atoms. The molecule has 2 atom stereocenters. The Kier molecular flexibility index (Phi) is 5.40. The van der Waals surface area contributed by atoms with Gasteiger partial charge in [0.05, 0.1) is 12.2 Å². The van der Waals surface area contributed by atoms with Crippen molar-refractivity contribution >= 4 is 0 Å². The molecule has 0 amide bonds. The topological polar surface area (TPSA) is 47.7 Å². The van der Waals surface area contributed by atoms with E-state index in [0.29, 0.717) is 6.54 Å². The zero-order valence-corrected chi connectivity index (χ0v) is 9.24. The highest BCUT2D eigenvalue weighted by molar-refractivity contribution is 4.86. The van der Waals surface area contributed by atoms with E-state index in [-0.39, 0.29) is 12.2 Å². The quantitative estimate of drug-likeness (QED) is 0.662. The zero-order valence-electron chi connectivity index (χ0n) is 9.24. The molecular formula is C10H22N2O2. The zero-order chi connectivity index (χ0) is 10.4. The van der Waals surface area contributed by atoms with Crippen LogP contribution in [0.1, 0.15) is 13.8 Å². The van der Waals surface area contributed by atoms with Crippen molar-refractivity contribution in [2.24, 2.45) is 5.73 Å². The molecule has 1 aliphatic rings. The first-order valence-corrected chi connectivity index (χ1v) is 5.47. The minimum Gasteiger partial charge on any atom is -0.374 e. The van der Waals surface area contributed by atoms with E-state index in [2.05, 4.69) is 4.90 Å². The predicted molar refractivity (Wildman–Crippen MR) is 56.3 cm³/mol. The van der Waals surface area contributed by atoms with Crippen LogP contribution in [0.3, 0.4) is 0 Å². The third-order valence-electron chi connectivity index (χ3n) is 2.50. The summed E-state index contributed by atoms with van der Waals surface area (Å²) in [6.07, 6.45) is 0.456. The molecule has 4 nitrogen and oxygen atoms in total. The van der Waals surface area contributed by atoms with E-state index in [0.717, 1.165) is 32.8 Å². The van der Waals surface area contributed by atoms with E-state index >= 15 is 0 Å². The fourth-order valence-corrected chi connectivity index (χ4v) is 1.93. The van der Waals surface area contributed by atoms with Gasteiger partial charge in [-0.05, 0) is 13.8 Å². The van der Waals surface area contributed by atoms with E-state index in [1.54, 1.807) is 0 Å². The summed E-state index contributed by atoms with van der Waals surface area (Å²) in [5, 5.41) is 0. The molecule has 0 aliphatic carbocycles. The van der Waals surface area contributed by atoms with E-state index in [4.69, 9.17) is 15.2 Å². The van der Waals surface area contributed by atoms with Crippen LogP contribution in [0.4, 0.5) is 0 Å². The monoisotopic (exact) mass is 202 g/mol. The lowest BCUT2D eigenvalue weighted by Gasteiger charge is -2.17. The van der Waals surface area contributed by atoms with Crippen molar-refractivity contribution < 1.29 is 9.47 Å². The third kappa shape index (κ3) is 3.20. The fourth-order valence-electron chi connectivity index (χ4n) is 1.93. The van der Waals surface area contributed by atoms with Crippen molar-refractivity contribution in [2.45, 2.75) is 26.1 Å². The van der Waals surface area contributed by atoms with Gasteiger partial charge in [0.25, 0.3) is 0 Å². The number of likely N-dealkylation sites (tertiary alicyclic amines) is 1. The Morgan fingerprint density at radius 3 is 2.00 bits per heavy atom. The van der Waals surface area contributed by atoms with Gasteiger partial charge in [-0.2, -0.15) is 0 Å². The highest BCUT2D eigenvalue weighted by Gasteiger charge is 2.33. The van der Waals surface area contributed by atoms with E-state index in [1.165, 1.54) is 0 Å². The van der Waals surface area contributed by atoms with Gasteiger partial charge in [-0.3, -0.25) is 4.90 Å². The predicted octanol–water partition coefficient (Wildman–Crippen LogP) is 0.0709. The van der Waals surface area contributed by atoms with Crippen molar-refractivity contribution in [1.82, 2.24) is 4.90 Å². The SMILES string of the molecule is CCO[C@H]1CN(CCN)C[C@H]1OCC. The molecule has 0 spiro atoms. The highest BCUT2D eigenvalue weighted by atomic mass is 16.5. The summed E-state index contributed by atoms with van der Waals surface area (Å²) >= 11 is 0. The molecule has 1 saturated heterocycles. The molecule has 0 aromatic rings. The number of hydrogen-bond donors (Lipinski definition) is 1. The molecule has 0 unspecified atom stereocenters. The van der Waals surface area contributed by atoms with E-state index in [9.17, 15) is 0 Å². The van der Waals surface area contributed by atoms with Gasteiger partial charge in [0.1, 0.15) is 0 Å². The van der Waals surface area contributed by atoms with Gasteiger partial charge in [0.15, 0.2) is 0 Å². The van der Waals surface area contributed by atoms with Gasteiger partial charge in [-0.25, -0.2) is 0 Å². The van der Waals surface area contributed by atoms with Gasteiger partial charge in [0, 0.05) is 39.4 Å². The molecule has 1 rings (SSSR count). The number of ether oxygens (including phenoxy) is 2. The number of hydrogen-bond acceptors (Lipinski definition) is 4. The Bertz CT molecular complexity index is 141. The van der Waals surface area contributed by atoms with Crippen molar-refractivity contribution in [3.05, 3.63) is 0 Å². The molecule has 0 radical (unpaired) electrons. The van der Waals surface area contributed by atoms with Crippen LogP contribution in [0.5, 0.6) is 0 Å². The van der Waals surface area contributed by atoms with Crippen LogP contribution in [-0.4, -0.2) is 56.5 Å². The summed E-state index contributed by atoms with van der Waals surface area (Å²) < 4.78 is 11.3. The van der Waals surface area contributed by atoms with Crippen LogP contribution in [0.15, 0.2) is 0 Å². The van der Waals surface area contributed by atoms with Crippen LogP contribution in [0.25, 0.3) is 0 Å². The Labute approximate surface area is 86.3 Å². The van der Waals surface area contributed by atoms with Gasteiger partial charge >= 0.3 is 0 Å². The average molecular weight is 202 g/mol. The number of nitrogens with two attached hydrogens (primary N) is 1. The maximum Gasteiger partial charge on any atom is 0.0975 e. The molecule has 1 heterocycles. The summed E-state index contributed by atoms with van der Waals surface area (Å²) in [5.41, 5.74) is 5.52. The fraction of sp³-hybridized carbons (Fsp3) is 1.00. The molecule has 4 heteroatoms. The summed E-state index contributed by atoms with van der Waals surface area (Å²) in [6, 6.07) is 0. The normalized spacial score (nSPS) is 28.5. The first-order chi connectivity index (χ1) is 6.81. The second kappa shape index (κ2) is 6.35. The highest BCUT2D eigenvalue weighted by Crippen LogP contribution is 2.16. The van der Waals surface area contributed by atoms with Crippen LogP contribution in [0, 0.1) is 0 Å². The van der Waals surface area contributed by atoms with Crippen molar-refractivity contribution in [3.63, 3.8) is 0 Å². The first-order valence-electron chi connectivity index (χ1n) is 5.47. The van der Waals surface area contributed by atoms with Crippen molar-refractivity contribution in [2.75, 3.05) is 39.4 Å². The Hall–Kier alpha value is -0.160. The van der Waals surface area contributed by atoms with Gasteiger partial charge in [0.2, 0.25) is 0 Å². The molecule has 0 aromatic heterocycles. The Morgan fingerprint density at radius 1 is 1.14 bits per heavy atom. The van der Waals surface area contributed by atoms with Gasteiger partial charge in [-0.15, -0.1) is 0 Å². The van der Waals surface area contributed by atoms with Crippen LogP contribution in [-0.2, 0) is 9.47 Å². The van der Waals surface area contributed by atoms with Crippen molar-refractivity contribution in [3.8, 4) is 0 Å². The summed E-state index contributed by atoms with van der Waals surface area (Å²) in [6.45, 7) is 9.11. The molecule has 1 fully saturated rings. The minimum absolute atomic E-state index is 0.228.